The molecule has 1 saturated heterocycles. The molecule has 2 unspecified atom stereocenters. The number of H-pyrrole nitrogens is 1. The normalized spacial score (nSPS) is 21.7. The number of aromatic amines is 1. The van der Waals surface area contributed by atoms with Crippen LogP contribution in [0.4, 0.5) is 0 Å². The van der Waals surface area contributed by atoms with Crippen molar-refractivity contribution in [3.8, 4) is 0 Å². The molecule has 1 aliphatic heterocycles. The van der Waals surface area contributed by atoms with Crippen molar-refractivity contribution in [2.45, 2.75) is 6.92 Å². The van der Waals surface area contributed by atoms with Gasteiger partial charge in [-0.1, -0.05) is 6.92 Å². The second kappa shape index (κ2) is 5.24. The molecule has 1 aromatic heterocycles. The first-order valence-corrected chi connectivity index (χ1v) is 7.04. The van der Waals surface area contributed by atoms with Gasteiger partial charge in [-0.15, -0.1) is 0 Å². The summed E-state index contributed by atoms with van der Waals surface area (Å²) in [5, 5.41) is 1.01. The lowest BCUT2D eigenvalue weighted by Crippen LogP contribution is -2.30. The highest BCUT2D eigenvalue weighted by Gasteiger charge is 2.37. The van der Waals surface area contributed by atoms with E-state index in [0.717, 1.165) is 10.9 Å². The van der Waals surface area contributed by atoms with Crippen LogP contribution in [0.3, 0.4) is 0 Å². The number of benzene rings is 1. The Morgan fingerprint density at radius 3 is 2.86 bits per heavy atom. The van der Waals surface area contributed by atoms with Gasteiger partial charge in [-0.05, 0) is 30.2 Å². The maximum Gasteiger partial charge on any atom is 0.310 e. The molecule has 110 valence electrons. The van der Waals surface area contributed by atoms with Gasteiger partial charge in [0.2, 0.25) is 0 Å². The molecule has 2 atom stereocenters. The number of rotatable bonds is 2. The highest BCUT2D eigenvalue weighted by molar-refractivity contribution is 5.98. The molecule has 1 aliphatic rings. The quantitative estimate of drug-likeness (QED) is 0.859. The molecule has 0 spiro atoms. The number of methoxy groups -OCH3 is 1. The van der Waals surface area contributed by atoms with Gasteiger partial charge in [0.25, 0.3) is 5.91 Å². The van der Waals surface area contributed by atoms with Gasteiger partial charge in [-0.3, -0.25) is 9.59 Å². The molecule has 1 aromatic carbocycles. The van der Waals surface area contributed by atoms with Crippen molar-refractivity contribution >= 4 is 22.8 Å². The Morgan fingerprint density at radius 2 is 2.10 bits per heavy atom. The number of aromatic nitrogens is 1. The Balaban J connectivity index is 1.80. The van der Waals surface area contributed by atoms with E-state index < -0.39 is 0 Å². The predicted molar refractivity (Wildman–Crippen MR) is 78.9 cm³/mol. The number of ether oxygens (including phenoxy) is 1. The van der Waals surface area contributed by atoms with E-state index in [2.05, 4.69) is 4.98 Å². The summed E-state index contributed by atoms with van der Waals surface area (Å²) in [5.74, 6) is -0.373. The third kappa shape index (κ3) is 2.39. The van der Waals surface area contributed by atoms with Gasteiger partial charge in [0.1, 0.15) is 0 Å². The Bertz CT molecular complexity index is 692. The fraction of sp³-hybridized carbons (Fsp3) is 0.375. The third-order valence-corrected chi connectivity index (χ3v) is 4.20. The second-order valence-corrected chi connectivity index (χ2v) is 5.60. The lowest BCUT2D eigenvalue weighted by Gasteiger charge is -2.16. The number of likely N-dealkylation sites (tertiary alicyclic amines) is 1. The van der Waals surface area contributed by atoms with Gasteiger partial charge in [0, 0.05) is 35.8 Å². The highest BCUT2D eigenvalue weighted by Crippen LogP contribution is 2.26. The van der Waals surface area contributed by atoms with E-state index in [4.69, 9.17) is 4.74 Å². The SMILES string of the molecule is COC(=O)C1CN(C(=O)c2ccc3[nH]ccc3c2)CC1C. The summed E-state index contributed by atoms with van der Waals surface area (Å²) in [7, 11) is 1.39. The number of nitrogens with one attached hydrogen (secondary N) is 1. The molecule has 1 amide bonds. The number of esters is 1. The molecule has 0 bridgehead atoms. The first-order valence-electron chi connectivity index (χ1n) is 7.04. The average Bonchev–Trinajstić information content (AvgIpc) is 3.11. The smallest absolute Gasteiger partial charge is 0.310 e. The molecule has 0 saturated carbocycles. The van der Waals surface area contributed by atoms with E-state index in [1.807, 2.05) is 37.4 Å². The lowest BCUT2D eigenvalue weighted by atomic mass is 9.99. The van der Waals surface area contributed by atoms with Crippen molar-refractivity contribution in [3.05, 3.63) is 36.0 Å². The van der Waals surface area contributed by atoms with Crippen LogP contribution in [-0.2, 0) is 9.53 Å². The molecule has 0 radical (unpaired) electrons. The molecule has 3 rings (SSSR count). The molecule has 2 aromatic rings. The van der Waals surface area contributed by atoms with Gasteiger partial charge in [0.05, 0.1) is 13.0 Å². The Labute approximate surface area is 122 Å². The van der Waals surface area contributed by atoms with Crippen molar-refractivity contribution in [2.24, 2.45) is 11.8 Å². The summed E-state index contributed by atoms with van der Waals surface area (Å²) in [6.07, 6.45) is 1.85. The van der Waals surface area contributed by atoms with Gasteiger partial charge >= 0.3 is 5.97 Å². The molecule has 1 fully saturated rings. The number of carbonyl (C=O) groups is 2. The molecular formula is C16H18N2O3. The van der Waals surface area contributed by atoms with E-state index in [1.165, 1.54) is 7.11 Å². The lowest BCUT2D eigenvalue weighted by molar-refractivity contribution is -0.146. The van der Waals surface area contributed by atoms with Crippen LogP contribution in [-0.4, -0.2) is 42.0 Å². The largest absolute Gasteiger partial charge is 0.469 e. The number of fused-ring (bicyclic) bond motifs is 1. The molecule has 21 heavy (non-hydrogen) atoms. The Kier molecular flexibility index (Phi) is 3.41. The first-order chi connectivity index (χ1) is 10.1. The van der Waals surface area contributed by atoms with E-state index >= 15 is 0 Å². The van der Waals surface area contributed by atoms with E-state index in [0.29, 0.717) is 18.7 Å². The summed E-state index contributed by atoms with van der Waals surface area (Å²) in [6.45, 7) is 2.99. The van der Waals surface area contributed by atoms with Gasteiger partial charge in [-0.25, -0.2) is 0 Å². The van der Waals surface area contributed by atoms with Crippen LogP contribution in [0.2, 0.25) is 0 Å². The molecule has 5 nitrogen and oxygen atoms in total. The van der Waals surface area contributed by atoms with Crippen molar-refractivity contribution in [2.75, 3.05) is 20.2 Å². The van der Waals surface area contributed by atoms with Crippen molar-refractivity contribution in [3.63, 3.8) is 0 Å². The van der Waals surface area contributed by atoms with Crippen LogP contribution in [0, 0.1) is 11.8 Å². The second-order valence-electron chi connectivity index (χ2n) is 5.60. The van der Waals surface area contributed by atoms with Crippen LogP contribution < -0.4 is 0 Å². The number of carbonyl (C=O) groups excluding carboxylic acids is 2. The monoisotopic (exact) mass is 286 g/mol. The van der Waals surface area contributed by atoms with E-state index in [-0.39, 0.29) is 23.7 Å². The van der Waals surface area contributed by atoms with Crippen LogP contribution in [0.15, 0.2) is 30.5 Å². The standard InChI is InChI=1S/C16H18N2O3/c1-10-8-18(9-13(10)16(20)21-2)15(19)12-3-4-14-11(7-12)5-6-17-14/h3-7,10,13,17H,8-9H2,1-2H3. The minimum atomic E-state index is -0.237. The van der Waals surface area contributed by atoms with Crippen molar-refractivity contribution in [1.82, 2.24) is 9.88 Å². The first kappa shape index (κ1) is 13.7. The summed E-state index contributed by atoms with van der Waals surface area (Å²) in [6, 6.07) is 7.54. The Hall–Kier alpha value is -2.30. The minimum Gasteiger partial charge on any atom is -0.469 e. The molecule has 0 aliphatic carbocycles. The molecular weight excluding hydrogens is 268 g/mol. The van der Waals surface area contributed by atoms with Gasteiger partial charge < -0.3 is 14.6 Å². The fourth-order valence-electron chi connectivity index (χ4n) is 2.96. The van der Waals surface area contributed by atoms with Gasteiger partial charge in [0.15, 0.2) is 0 Å². The number of hydrogen-bond donors (Lipinski definition) is 1. The predicted octanol–water partition coefficient (Wildman–Crippen LogP) is 2.05. The molecule has 5 heteroatoms. The zero-order valence-corrected chi connectivity index (χ0v) is 12.1. The summed E-state index contributed by atoms with van der Waals surface area (Å²) >= 11 is 0. The summed E-state index contributed by atoms with van der Waals surface area (Å²) in [5.41, 5.74) is 1.66. The third-order valence-electron chi connectivity index (χ3n) is 4.20. The minimum absolute atomic E-state index is 0.0312. The number of amides is 1. The summed E-state index contributed by atoms with van der Waals surface area (Å²) in [4.78, 5) is 29.1. The van der Waals surface area contributed by atoms with E-state index in [1.54, 1.807) is 4.90 Å². The maximum atomic E-state index is 12.6. The fourth-order valence-corrected chi connectivity index (χ4v) is 2.96. The number of hydrogen-bond acceptors (Lipinski definition) is 3. The van der Waals surface area contributed by atoms with Gasteiger partial charge in [-0.2, -0.15) is 0 Å². The van der Waals surface area contributed by atoms with Crippen LogP contribution in [0.25, 0.3) is 10.9 Å². The zero-order valence-electron chi connectivity index (χ0n) is 12.1. The average molecular weight is 286 g/mol. The molecule has 1 N–H and O–H groups in total. The maximum absolute atomic E-state index is 12.6. The van der Waals surface area contributed by atoms with Crippen molar-refractivity contribution < 1.29 is 14.3 Å². The van der Waals surface area contributed by atoms with Crippen LogP contribution >= 0.6 is 0 Å². The molecule has 2 heterocycles. The number of nitrogens with zero attached hydrogens (tertiary/aromatic N) is 1. The topological polar surface area (TPSA) is 62.4 Å². The van der Waals surface area contributed by atoms with Crippen LogP contribution in [0.1, 0.15) is 17.3 Å². The Morgan fingerprint density at radius 1 is 1.29 bits per heavy atom. The zero-order chi connectivity index (χ0) is 15.0. The van der Waals surface area contributed by atoms with Crippen LogP contribution in [0.5, 0.6) is 0 Å². The highest BCUT2D eigenvalue weighted by atomic mass is 16.5. The van der Waals surface area contributed by atoms with Crippen molar-refractivity contribution in [1.29, 1.82) is 0 Å². The van der Waals surface area contributed by atoms with E-state index in [9.17, 15) is 9.59 Å². The summed E-state index contributed by atoms with van der Waals surface area (Å²) < 4.78 is 4.80.